The van der Waals surface area contributed by atoms with Crippen LogP contribution in [0.25, 0.3) is 10.7 Å². The number of aryl methyl sites for hydroxylation is 2. The minimum atomic E-state index is -0.172. The number of nitrogens with zero attached hydrogens (tertiary/aromatic N) is 3. The van der Waals surface area contributed by atoms with Crippen LogP contribution in [0.15, 0.2) is 65.1 Å². The fourth-order valence-corrected chi connectivity index (χ4v) is 4.89. The number of carbonyl (C=O) groups is 2. The molecule has 9 heteroatoms. The number of thioether (sulfide) groups is 1. The number of carbonyl (C=O) groups excluding carboxylic acids is 2. The summed E-state index contributed by atoms with van der Waals surface area (Å²) in [5, 5.41) is 17.1. The van der Waals surface area contributed by atoms with Crippen molar-refractivity contribution >= 4 is 46.3 Å². The highest BCUT2D eigenvalue weighted by Gasteiger charge is 2.16. The molecule has 0 saturated carbocycles. The molecule has 4 aromatic rings. The molecule has 0 aliphatic rings. The lowest BCUT2D eigenvalue weighted by Crippen LogP contribution is -2.16. The van der Waals surface area contributed by atoms with Gasteiger partial charge in [0.15, 0.2) is 11.0 Å². The first-order valence-electron chi connectivity index (χ1n) is 10.8. The third-order valence-corrected chi connectivity index (χ3v) is 7.01. The molecule has 2 aromatic heterocycles. The molecule has 2 heterocycles. The predicted molar refractivity (Wildman–Crippen MR) is 139 cm³/mol. The van der Waals surface area contributed by atoms with Crippen molar-refractivity contribution < 1.29 is 9.59 Å². The van der Waals surface area contributed by atoms with Crippen LogP contribution in [0.1, 0.15) is 28.4 Å². The summed E-state index contributed by atoms with van der Waals surface area (Å²) in [5.74, 6) is 0.732. The molecule has 174 valence electrons. The van der Waals surface area contributed by atoms with Crippen LogP contribution in [0.5, 0.6) is 0 Å². The van der Waals surface area contributed by atoms with Crippen molar-refractivity contribution in [1.29, 1.82) is 0 Å². The van der Waals surface area contributed by atoms with Crippen molar-refractivity contribution in [2.45, 2.75) is 32.5 Å². The van der Waals surface area contributed by atoms with E-state index < -0.39 is 0 Å². The van der Waals surface area contributed by atoms with Crippen LogP contribution < -0.4 is 10.6 Å². The number of amides is 2. The standard InChI is InChI=1S/C25H25N5O2S2/c1-4-30-23(21-6-5-13-33-21)28-29-25(30)34-15-22(31)27-20-12-11-19(14-17(20)3)26-24(32)18-9-7-16(2)8-10-18/h5-14H,4,15H2,1-3H3,(H,26,32)(H,27,31). The van der Waals surface area contributed by atoms with E-state index >= 15 is 0 Å². The summed E-state index contributed by atoms with van der Waals surface area (Å²) < 4.78 is 2.01. The van der Waals surface area contributed by atoms with Gasteiger partial charge in [-0.2, -0.15) is 0 Å². The number of hydrogen-bond acceptors (Lipinski definition) is 6. The largest absolute Gasteiger partial charge is 0.325 e. The van der Waals surface area contributed by atoms with Crippen molar-refractivity contribution in [3.8, 4) is 10.7 Å². The van der Waals surface area contributed by atoms with E-state index in [-0.39, 0.29) is 17.6 Å². The summed E-state index contributed by atoms with van der Waals surface area (Å²) in [6.45, 7) is 6.63. The first-order chi connectivity index (χ1) is 16.4. The van der Waals surface area contributed by atoms with Gasteiger partial charge >= 0.3 is 0 Å². The minimum Gasteiger partial charge on any atom is -0.325 e. The van der Waals surface area contributed by atoms with Crippen LogP contribution in [0, 0.1) is 13.8 Å². The Morgan fingerprint density at radius 3 is 2.50 bits per heavy atom. The first kappa shape index (κ1) is 23.7. The molecule has 2 N–H and O–H groups in total. The summed E-state index contributed by atoms with van der Waals surface area (Å²) in [6.07, 6.45) is 0. The summed E-state index contributed by atoms with van der Waals surface area (Å²) in [6, 6.07) is 16.8. The Balaban J connectivity index is 1.35. The number of aromatic nitrogens is 3. The van der Waals surface area contributed by atoms with Crippen LogP contribution in [0.3, 0.4) is 0 Å². The van der Waals surface area contributed by atoms with Gasteiger partial charge < -0.3 is 15.2 Å². The van der Waals surface area contributed by atoms with Crippen molar-refractivity contribution in [2.75, 3.05) is 16.4 Å². The van der Waals surface area contributed by atoms with Gasteiger partial charge in [0.25, 0.3) is 5.91 Å². The van der Waals surface area contributed by atoms with E-state index in [1.165, 1.54) is 11.8 Å². The highest BCUT2D eigenvalue weighted by atomic mass is 32.2. The maximum atomic E-state index is 12.6. The molecule has 0 aliphatic heterocycles. The summed E-state index contributed by atoms with van der Waals surface area (Å²) >= 11 is 2.97. The van der Waals surface area contributed by atoms with E-state index in [1.807, 2.05) is 61.1 Å². The number of nitrogens with one attached hydrogen (secondary N) is 2. The van der Waals surface area contributed by atoms with Gasteiger partial charge in [-0.05, 0) is 68.1 Å². The Morgan fingerprint density at radius 1 is 1.03 bits per heavy atom. The first-order valence-corrected chi connectivity index (χ1v) is 12.7. The number of anilines is 2. The summed E-state index contributed by atoms with van der Waals surface area (Å²) in [5.41, 5.74) is 3.93. The molecule has 0 saturated heterocycles. The van der Waals surface area contributed by atoms with E-state index in [9.17, 15) is 9.59 Å². The van der Waals surface area contributed by atoms with Gasteiger partial charge in [-0.25, -0.2) is 0 Å². The third-order valence-electron chi connectivity index (χ3n) is 5.18. The van der Waals surface area contributed by atoms with Crippen LogP contribution in [-0.4, -0.2) is 32.3 Å². The molecular formula is C25H25N5O2S2. The Morgan fingerprint density at radius 2 is 1.82 bits per heavy atom. The lowest BCUT2D eigenvalue weighted by molar-refractivity contribution is -0.113. The molecular weight excluding hydrogens is 466 g/mol. The quantitative estimate of drug-likeness (QED) is 0.312. The minimum absolute atomic E-state index is 0.132. The highest BCUT2D eigenvalue weighted by molar-refractivity contribution is 7.99. The average Bonchev–Trinajstić information content (AvgIpc) is 3.49. The molecule has 34 heavy (non-hydrogen) atoms. The zero-order valence-electron chi connectivity index (χ0n) is 19.2. The molecule has 2 amide bonds. The van der Waals surface area contributed by atoms with Crippen LogP contribution in [0.4, 0.5) is 11.4 Å². The predicted octanol–water partition coefficient (Wildman–Crippen LogP) is 5.63. The van der Waals surface area contributed by atoms with Crippen molar-refractivity contribution in [2.24, 2.45) is 0 Å². The van der Waals surface area contributed by atoms with E-state index in [4.69, 9.17) is 0 Å². The summed E-state index contributed by atoms with van der Waals surface area (Å²) in [4.78, 5) is 26.1. The molecule has 0 aliphatic carbocycles. The molecule has 0 fully saturated rings. The lowest BCUT2D eigenvalue weighted by Gasteiger charge is -2.11. The second-order valence-corrected chi connectivity index (χ2v) is 9.60. The van der Waals surface area contributed by atoms with Crippen molar-refractivity contribution in [3.05, 3.63) is 76.7 Å². The van der Waals surface area contributed by atoms with E-state index in [0.717, 1.165) is 28.4 Å². The maximum absolute atomic E-state index is 12.6. The molecule has 0 bridgehead atoms. The van der Waals surface area contributed by atoms with Gasteiger partial charge in [0.2, 0.25) is 5.91 Å². The average molecular weight is 492 g/mol. The van der Waals surface area contributed by atoms with Crippen molar-refractivity contribution in [3.63, 3.8) is 0 Å². The van der Waals surface area contributed by atoms with Gasteiger partial charge in [-0.3, -0.25) is 9.59 Å². The normalized spacial score (nSPS) is 10.8. The monoisotopic (exact) mass is 491 g/mol. The fraction of sp³-hybridized carbons (Fsp3) is 0.200. The van der Waals surface area contributed by atoms with Gasteiger partial charge in [-0.1, -0.05) is 35.5 Å². The smallest absolute Gasteiger partial charge is 0.255 e. The Bertz CT molecular complexity index is 1300. The number of benzene rings is 2. The van der Waals surface area contributed by atoms with E-state index in [0.29, 0.717) is 22.1 Å². The van der Waals surface area contributed by atoms with Gasteiger partial charge in [0.1, 0.15) is 0 Å². The van der Waals surface area contributed by atoms with Crippen LogP contribution >= 0.6 is 23.1 Å². The van der Waals surface area contributed by atoms with Gasteiger partial charge in [0.05, 0.1) is 10.6 Å². The number of hydrogen-bond donors (Lipinski definition) is 2. The second-order valence-electron chi connectivity index (χ2n) is 7.71. The molecule has 0 spiro atoms. The highest BCUT2D eigenvalue weighted by Crippen LogP contribution is 2.27. The summed E-state index contributed by atoms with van der Waals surface area (Å²) in [7, 11) is 0. The zero-order chi connectivity index (χ0) is 24.1. The topological polar surface area (TPSA) is 88.9 Å². The van der Waals surface area contributed by atoms with E-state index in [2.05, 4.69) is 20.8 Å². The molecule has 4 rings (SSSR count). The fourth-order valence-electron chi connectivity index (χ4n) is 3.37. The molecule has 0 unspecified atom stereocenters. The SMILES string of the molecule is CCn1c(SCC(=O)Nc2ccc(NC(=O)c3ccc(C)cc3)cc2C)nnc1-c1cccs1. The van der Waals surface area contributed by atoms with Crippen LogP contribution in [-0.2, 0) is 11.3 Å². The number of thiophene rings is 1. The van der Waals surface area contributed by atoms with Gasteiger partial charge in [0, 0.05) is 23.5 Å². The zero-order valence-corrected chi connectivity index (χ0v) is 20.8. The Labute approximate surface area is 206 Å². The Hall–Kier alpha value is -3.43. The molecule has 0 radical (unpaired) electrons. The Kier molecular flexibility index (Phi) is 7.44. The maximum Gasteiger partial charge on any atom is 0.255 e. The number of rotatable bonds is 8. The molecule has 0 atom stereocenters. The molecule has 2 aromatic carbocycles. The van der Waals surface area contributed by atoms with E-state index in [1.54, 1.807) is 35.6 Å². The van der Waals surface area contributed by atoms with Gasteiger partial charge in [-0.15, -0.1) is 21.5 Å². The van der Waals surface area contributed by atoms with Crippen LogP contribution in [0.2, 0.25) is 0 Å². The second kappa shape index (κ2) is 10.7. The molecule has 7 nitrogen and oxygen atoms in total. The van der Waals surface area contributed by atoms with Crippen molar-refractivity contribution in [1.82, 2.24) is 14.8 Å². The third kappa shape index (κ3) is 5.55. The lowest BCUT2D eigenvalue weighted by atomic mass is 10.1.